The average molecular weight is 210 g/mol. The molecule has 1 nitrogen and oxygen atoms in total. The Bertz CT molecular complexity index is 246. The van der Waals surface area contributed by atoms with E-state index < -0.39 is 0 Å². The van der Waals surface area contributed by atoms with Crippen molar-refractivity contribution in [3.63, 3.8) is 0 Å². The quantitative estimate of drug-likeness (QED) is 0.622. The molecule has 0 saturated heterocycles. The van der Waals surface area contributed by atoms with Crippen LogP contribution in [0.5, 0.6) is 0 Å². The van der Waals surface area contributed by atoms with Crippen LogP contribution in [0.4, 0.5) is 0 Å². The highest BCUT2D eigenvalue weighted by Crippen LogP contribution is 2.39. The van der Waals surface area contributed by atoms with Crippen molar-refractivity contribution in [3.05, 3.63) is 11.1 Å². The highest BCUT2D eigenvalue weighted by Gasteiger charge is 2.30. The molecule has 0 radical (unpaired) electrons. The van der Waals surface area contributed by atoms with Gasteiger partial charge in [-0.05, 0) is 30.8 Å². The van der Waals surface area contributed by atoms with Crippen LogP contribution in [0.1, 0.15) is 67.2 Å². The number of hydrogen-bond donors (Lipinski definition) is 0. The van der Waals surface area contributed by atoms with E-state index >= 15 is 0 Å². The van der Waals surface area contributed by atoms with E-state index in [-0.39, 0.29) is 5.41 Å². The first-order chi connectivity index (χ1) is 6.90. The van der Waals surface area contributed by atoms with Crippen LogP contribution in [0.3, 0.4) is 0 Å². The van der Waals surface area contributed by atoms with Crippen molar-refractivity contribution in [2.75, 3.05) is 0 Å². The molecule has 0 saturated carbocycles. The molecule has 0 N–H and O–H groups in total. The fourth-order valence-corrected chi connectivity index (χ4v) is 2.18. The molecule has 1 aliphatic rings. The van der Waals surface area contributed by atoms with E-state index in [0.29, 0.717) is 5.78 Å². The lowest BCUT2D eigenvalue weighted by atomic mass is 9.71. The Balaban J connectivity index is 0.000000583. The number of ketones is 1. The van der Waals surface area contributed by atoms with Gasteiger partial charge >= 0.3 is 0 Å². The maximum Gasteiger partial charge on any atom is 0.158 e. The van der Waals surface area contributed by atoms with Gasteiger partial charge in [-0.15, -0.1) is 0 Å². The Morgan fingerprint density at radius 2 is 1.67 bits per heavy atom. The molecule has 0 fully saturated rings. The van der Waals surface area contributed by atoms with Crippen LogP contribution >= 0.6 is 0 Å². The van der Waals surface area contributed by atoms with Gasteiger partial charge in [-0.25, -0.2) is 0 Å². The van der Waals surface area contributed by atoms with Gasteiger partial charge in [0.2, 0.25) is 0 Å². The lowest BCUT2D eigenvalue weighted by molar-refractivity contribution is -0.116. The Labute approximate surface area is 95.0 Å². The Morgan fingerprint density at radius 1 is 1.20 bits per heavy atom. The third-order valence-corrected chi connectivity index (χ3v) is 3.02. The first-order valence-corrected chi connectivity index (χ1v) is 6.14. The zero-order valence-electron chi connectivity index (χ0n) is 11.2. The van der Waals surface area contributed by atoms with Gasteiger partial charge in [0, 0.05) is 6.42 Å². The van der Waals surface area contributed by atoms with Gasteiger partial charge in [0.25, 0.3) is 0 Å². The molecule has 1 rings (SSSR count). The van der Waals surface area contributed by atoms with E-state index in [1.807, 2.05) is 6.92 Å². The molecule has 0 amide bonds. The second-order valence-corrected chi connectivity index (χ2v) is 4.97. The average Bonchev–Trinajstić information content (AvgIpc) is 2.14. The molecule has 1 aliphatic carbocycles. The summed E-state index contributed by atoms with van der Waals surface area (Å²) < 4.78 is 0. The number of carbonyl (C=O) groups is 1. The van der Waals surface area contributed by atoms with Gasteiger partial charge < -0.3 is 0 Å². The van der Waals surface area contributed by atoms with E-state index in [9.17, 15) is 4.79 Å². The second kappa shape index (κ2) is 6.09. The summed E-state index contributed by atoms with van der Waals surface area (Å²) in [5, 5.41) is 0. The molecule has 0 aromatic carbocycles. The van der Waals surface area contributed by atoms with E-state index in [1.165, 1.54) is 12.0 Å². The summed E-state index contributed by atoms with van der Waals surface area (Å²) in [7, 11) is 0. The fourth-order valence-electron chi connectivity index (χ4n) is 2.18. The van der Waals surface area contributed by atoms with Gasteiger partial charge in [-0.3, -0.25) is 4.79 Å². The minimum atomic E-state index is 0.257. The van der Waals surface area contributed by atoms with Crippen molar-refractivity contribution in [1.29, 1.82) is 0 Å². The van der Waals surface area contributed by atoms with Crippen LogP contribution in [-0.4, -0.2) is 5.78 Å². The van der Waals surface area contributed by atoms with Crippen molar-refractivity contribution >= 4 is 5.78 Å². The molecule has 15 heavy (non-hydrogen) atoms. The minimum Gasteiger partial charge on any atom is -0.295 e. The molecule has 0 unspecified atom stereocenters. The lowest BCUT2D eigenvalue weighted by Gasteiger charge is -2.33. The highest BCUT2D eigenvalue weighted by atomic mass is 16.1. The molecule has 0 aliphatic heterocycles. The zero-order chi connectivity index (χ0) is 12.1. The molecule has 0 atom stereocenters. The lowest BCUT2D eigenvalue weighted by Crippen LogP contribution is -2.24. The van der Waals surface area contributed by atoms with Crippen LogP contribution in [-0.2, 0) is 4.79 Å². The van der Waals surface area contributed by atoms with Crippen LogP contribution in [0, 0.1) is 5.41 Å². The van der Waals surface area contributed by atoms with Crippen molar-refractivity contribution < 1.29 is 4.79 Å². The summed E-state index contributed by atoms with van der Waals surface area (Å²) in [6.45, 7) is 12.8. The standard InChI is InChI=1S/C11H18O.C3H8/c1-5-9-8(2)10(12)6-7-11(9,3)4;1-3-2/h5-7H2,1-4H3;3H2,1-2H3. The number of allylic oxidation sites excluding steroid dienone is 2. The van der Waals surface area contributed by atoms with E-state index in [4.69, 9.17) is 0 Å². The normalized spacial score (nSPS) is 19.7. The molecular weight excluding hydrogens is 184 g/mol. The Morgan fingerprint density at radius 3 is 2.00 bits per heavy atom. The summed E-state index contributed by atoms with van der Waals surface area (Å²) in [5.74, 6) is 0.353. The van der Waals surface area contributed by atoms with Crippen molar-refractivity contribution in [2.24, 2.45) is 5.41 Å². The van der Waals surface area contributed by atoms with Crippen LogP contribution in [0.25, 0.3) is 0 Å². The van der Waals surface area contributed by atoms with Gasteiger partial charge in [0.1, 0.15) is 0 Å². The Hall–Kier alpha value is -0.590. The van der Waals surface area contributed by atoms with E-state index in [0.717, 1.165) is 24.8 Å². The predicted octanol–water partition coefficient (Wildman–Crippen LogP) is 4.52. The molecule has 0 heterocycles. The summed E-state index contributed by atoms with van der Waals surface area (Å²) >= 11 is 0. The summed E-state index contributed by atoms with van der Waals surface area (Å²) in [5.41, 5.74) is 2.64. The smallest absolute Gasteiger partial charge is 0.158 e. The molecule has 88 valence electrons. The summed E-state index contributed by atoms with van der Waals surface area (Å²) in [4.78, 5) is 11.4. The number of rotatable bonds is 1. The monoisotopic (exact) mass is 210 g/mol. The molecular formula is C14H26O. The van der Waals surface area contributed by atoms with E-state index in [2.05, 4.69) is 34.6 Å². The number of Topliss-reactive ketones (excluding diaryl/α,β-unsaturated/α-hetero) is 1. The fraction of sp³-hybridized carbons (Fsp3) is 0.786. The molecule has 1 heteroatoms. The zero-order valence-corrected chi connectivity index (χ0v) is 11.2. The topological polar surface area (TPSA) is 17.1 Å². The number of hydrogen-bond acceptors (Lipinski definition) is 1. The Kier molecular flexibility index (Phi) is 5.85. The van der Waals surface area contributed by atoms with E-state index in [1.54, 1.807) is 0 Å². The molecule has 0 spiro atoms. The first-order valence-electron chi connectivity index (χ1n) is 6.14. The highest BCUT2D eigenvalue weighted by molar-refractivity contribution is 5.96. The van der Waals surface area contributed by atoms with Gasteiger partial charge in [-0.2, -0.15) is 0 Å². The predicted molar refractivity (Wildman–Crippen MR) is 67.0 cm³/mol. The van der Waals surface area contributed by atoms with Gasteiger partial charge in [0.15, 0.2) is 5.78 Å². The summed E-state index contributed by atoms with van der Waals surface area (Å²) in [6, 6.07) is 0. The van der Waals surface area contributed by atoms with Gasteiger partial charge in [-0.1, -0.05) is 46.6 Å². The van der Waals surface area contributed by atoms with Crippen LogP contribution in [0.15, 0.2) is 11.1 Å². The second-order valence-electron chi connectivity index (χ2n) is 4.97. The summed E-state index contributed by atoms with van der Waals surface area (Å²) in [6.07, 6.45) is 4.03. The maximum atomic E-state index is 11.4. The number of carbonyl (C=O) groups excluding carboxylic acids is 1. The van der Waals surface area contributed by atoms with Crippen LogP contribution in [0.2, 0.25) is 0 Å². The molecule has 0 aromatic heterocycles. The third kappa shape index (κ3) is 3.81. The molecule has 0 aromatic rings. The SMILES string of the molecule is CCC.CCC1=C(C)C(=O)CCC1(C)C. The van der Waals surface area contributed by atoms with Crippen LogP contribution < -0.4 is 0 Å². The van der Waals surface area contributed by atoms with Crippen molar-refractivity contribution in [1.82, 2.24) is 0 Å². The third-order valence-electron chi connectivity index (χ3n) is 3.02. The maximum absolute atomic E-state index is 11.4. The largest absolute Gasteiger partial charge is 0.295 e. The molecule has 0 bridgehead atoms. The minimum absolute atomic E-state index is 0.257. The van der Waals surface area contributed by atoms with Crippen molar-refractivity contribution in [2.45, 2.75) is 67.2 Å². The van der Waals surface area contributed by atoms with Crippen molar-refractivity contribution in [3.8, 4) is 0 Å². The first kappa shape index (κ1) is 14.4. The van der Waals surface area contributed by atoms with Gasteiger partial charge in [0.05, 0.1) is 0 Å².